The van der Waals surface area contributed by atoms with E-state index in [1.807, 2.05) is 45.0 Å². The van der Waals surface area contributed by atoms with Gasteiger partial charge in [0.25, 0.3) is 5.91 Å². The number of hydrogen-bond donors (Lipinski definition) is 2. The molecule has 1 rings (SSSR count). The molecule has 0 aromatic heterocycles. The summed E-state index contributed by atoms with van der Waals surface area (Å²) in [5.41, 5.74) is 6.75. The lowest BCUT2D eigenvalue weighted by Gasteiger charge is -2.15. The smallest absolute Gasteiger partial charge is 0.258 e. The van der Waals surface area contributed by atoms with Crippen molar-refractivity contribution in [3.63, 3.8) is 0 Å². The SMILES string of the molecule is CCC(C)NC(=O)COc1ccccc1[C@H](C)N. The van der Waals surface area contributed by atoms with Crippen molar-refractivity contribution in [3.8, 4) is 5.75 Å². The highest BCUT2D eigenvalue weighted by Crippen LogP contribution is 2.22. The fraction of sp³-hybridized carbons (Fsp3) is 0.500. The van der Waals surface area contributed by atoms with Crippen molar-refractivity contribution in [2.24, 2.45) is 5.73 Å². The minimum Gasteiger partial charge on any atom is -0.483 e. The number of carbonyl (C=O) groups is 1. The van der Waals surface area contributed by atoms with E-state index in [0.717, 1.165) is 12.0 Å². The highest BCUT2D eigenvalue weighted by molar-refractivity contribution is 5.77. The largest absolute Gasteiger partial charge is 0.483 e. The Morgan fingerprint density at radius 3 is 2.67 bits per heavy atom. The van der Waals surface area contributed by atoms with Crippen LogP contribution in [0.2, 0.25) is 0 Å². The molecular weight excluding hydrogens is 228 g/mol. The number of rotatable bonds is 6. The van der Waals surface area contributed by atoms with Gasteiger partial charge in [-0.1, -0.05) is 25.1 Å². The van der Waals surface area contributed by atoms with Crippen molar-refractivity contribution in [2.45, 2.75) is 39.3 Å². The van der Waals surface area contributed by atoms with Crippen LogP contribution in [0.15, 0.2) is 24.3 Å². The molecule has 0 aliphatic heterocycles. The molecule has 1 aromatic rings. The van der Waals surface area contributed by atoms with E-state index in [2.05, 4.69) is 5.32 Å². The first-order chi connectivity index (χ1) is 8.54. The second-order valence-corrected chi connectivity index (χ2v) is 4.49. The van der Waals surface area contributed by atoms with E-state index in [4.69, 9.17) is 10.5 Å². The lowest BCUT2D eigenvalue weighted by Crippen LogP contribution is -2.35. The Hall–Kier alpha value is -1.55. The number of amides is 1. The van der Waals surface area contributed by atoms with Crippen molar-refractivity contribution >= 4 is 5.91 Å². The molecule has 0 spiro atoms. The summed E-state index contributed by atoms with van der Waals surface area (Å²) in [6.45, 7) is 5.90. The minimum atomic E-state index is -0.112. The number of para-hydroxylation sites is 1. The monoisotopic (exact) mass is 250 g/mol. The van der Waals surface area contributed by atoms with Crippen LogP contribution in [0.25, 0.3) is 0 Å². The zero-order valence-corrected chi connectivity index (χ0v) is 11.3. The second kappa shape index (κ2) is 7.01. The number of ether oxygens (including phenoxy) is 1. The van der Waals surface area contributed by atoms with Crippen molar-refractivity contribution in [2.75, 3.05) is 6.61 Å². The van der Waals surface area contributed by atoms with E-state index in [1.165, 1.54) is 0 Å². The summed E-state index contributed by atoms with van der Waals surface area (Å²) in [5, 5.41) is 2.85. The molecule has 2 atom stereocenters. The average molecular weight is 250 g/mol. The molecule has 1 amide bonds. The molecule has 0 radical (unpaired) electrons. The van der Waals surface area contributed by atoms with Crippen LogP contribution in [0.3, 0.4) is 0 Å². The predicted molar refractivity (Wildman–Crippen MR) is 72.4 cm³/mol. The first-order valence-electron chi connectivity index (χ1n) is 6.31. The van der Waals surface area contributed by atoms with Gasteiger partial charge >= 0.3 is 0 Å². The van der Waals surface area contributed by atoms with Gasteiger partial charge in [0.05, 0.1) is 0 Å². The first-order valence-corrected chi connectivity index (χ1v) is 6.31. The van der Waals surface area contributed by atoms with Crippen molar-refractivity contribution in [1.29, 1.82) is 0 Å². The second-order valence-electron chi connectivity index (χ2n) is 4.49. The lowest BCUT2D eigenvalue weighted by molar-refractivity contribution is -0.123. The maximum atomic E-state index is 11.6. The highest BCUT2D eigenvalue weighted by Gasteiger charge is 2.10. The molecule has 18 heavy (non-hydrogen) atoms. The minimum absolute atomic E-state index is 0.0219. The van der Waals surface area contributed by atoms with Crippen LogP contribution in [-0.2, 0) is 4.79 Å². The number of benzene rings is 1. The Morgan fingerprint density at radius 1 is 1.39 bits per heavy atom. The van der Waals surface area contributed by atoms with Crippen LogP contribution in [0.4, 0.5) is 0 Å². The number of carbonyl (C=O) groups excluding carboxylic acids is 1. The number of nitrogens with two attached hydrogens (primary N) is 1. The third kappa shape index (κ3) is 4.37. The van der Waals surface area contributed by atoms with Crippen LogP contribution < -0.4 is 15.8 Å². The molecular formula is C14H22N2O2. The number of hydrogen-bond acceptors (Lipinski definition) is 3. The molecule has 1 aromatic carbocycles. The first kappa shape index (κ1) is 14.5. The molecule has 4 heteroatoms. The van der Waals surface area contributed by atoms with E-state index in [0.29, 0.717) is 5.75 Å². The topological polar surface area (TPSA) is 64.3 Å². The third-order valence-electron chi connectivity index (χ3n) is 2.79. The van der Waals surface area contributed by atoms with Crippen LogP contribution in [0.5, 0.6) is 5.75 Å². The van der Waals surface area contributed by atoms with Crippen LogP contribution >= 0.6 is 0 Å². The van der Waals surface area contributed by atoms with E-state index >= 15 is 0 Å². The molecule has 0 aliphatic carbocycles. The van der Waals surface area contributed by atoms with E-state index < -0.39 is 0 Å². The standard InChI is InChI=1S/C14H22N2O2/c1-4-10(2)16-14(17)9-18-13-8-6-5-7-12(13)11(3)15/h5-8,10-11H,4,9,15H2,1-3H3,(H,16,17)/t10?,11-/m0/s1. The normalized spacial score (nSPS) is 13.8. The van der Waals surface area contributed by atoms with E-state index in [9.17, 15) is 4.79 Å². The zero-order valence-electron chi connectivity index (χ0n) is 11.3. The lowest BCUT2D eigenvalue weighted by atomic mass is 10.1. The molecule has 0 fully saturated rings. The molecule has 1 unspecified atom stereocenters. The van der Waals surface area contributed by atoms with Gasteiger partial charge in [0.2, 0.25) is 0 Å². The van der Waals surface area contributed by atoms with Gasteiger partial charge in [0.15, 0.2) is 6.61 Å². The van der Waals surface area contributed by atoms with Gasteiger partial charge in [-0.3, -0.25) is 4.79 Å². The van der Waals surface area contributed by atoms with Gasteiger partial charge in [-0.15, -0.1) is 0 Å². The summed E-state index contributed by atoms with van der Waals surface area (Å²) in [6, 6.07) is 7.57. The van der Waals surface area contributed by atoms with E-state index in [1.54, 1.807) is 0 Å². The fourth-order valence-electron chi connectivity index (χ4n) is 1.55. The maximum Gasteiger partial charge on any atom is 0.258 e. The van der Waals surface area contributed by atoms with Crippen molar-refractivity contribution in [3.05, 3.63) is 29.8 Å². The highest BCUT2D eigenvalue weighted by atomic mass is 16.5. The molecule has 4 nitrogen and oxygen atoms in total. The Morgan fingerprint density at radius 2 is 2.06 bits per heavy atom. The van der Waals surface area contributed by atoms with Crippen molar-refractivity contribution < 1.29 is 9.53 Å². The van der Waals surface area contributed by atoms with Crippen molar-refractivity contribution in [1.82, 2.24) is 5.32 Å². The number of nitrogens with one attached hydrogen (secondary N) is 1. The van der Waals surface area contributed by atoms with Gasteiger partial charge < -0.3 is 15.8 Å². The molecule has 0 heterocycles. The Kier molecular flexibility index (Phi) is 5.65. The summed E-state index contributed by atoms with van der Waals surface area (Å²) < 4.78 is 5.51. The Bertz CT molecular complexity index is 391. The Balaban J connectivity index is 2.56. The predicted octanol–water partition coefficient (Wildman–Crippen LogP) is 2.00. The molecule has 0 saturated carbocycles. The summed E-state index contributed by atoms with van der Waals surface area (Å²) in [6.07, 6.45) is 0.905. The fourth-order valence-corrected chi connectivity index (χ4v) is 1.55. The molecule has 100 valence electrons. The molecule has 3 N–H and O–H groups in total. The van der Waals surface area contributed by atoms with Gasteiger partial charge in [0, 0.05) is 17.6 Å². The van der Waals surface area contributed by atoms with Gasteiger partial charge in [-0.2, -0.15) is 0 Å². The Labute approximate surface area is 109 Å². The van der Waals surface area contributed by atoms with Gasteiger partial charge in [0.1, 0.15) is 5.75 Å². The average Bonchev–Trinajstić information content (AvgIpc) is 2.36. The van der Waals surface area contributed by atoms with Crippen LogP contribution in [0, 0.1) is 0 Å². The van der Waals surface area contributed by atoms with Gasteiger partial charge in [-0.05, 0) is 26.3 Å². The third-order valence-corrected chi connectivity index (χ3v) is 2.79. The summed E-state index contributed by atoms with van der Waals surface area (Å²) in [7, 11) is 0. The quantitative estimate of drug-likeness (QED) is 0.811. The van der Waals surface area contributed by atoms with Crippen LogP contribution in [-0.4, -0.2) is 18.6 Å². The maximum absolute atomic E-state index is 11.6. The summed E-state index contributed by atoms with van der Waals surface area (Å²) in [4.78, 5) is 11.6. The van der Waals surface area contributed by atoms with Crippen LogP contribution in [0.1, 0.15) is 38.8 Å². The molecule has 0 aliphatic rings. The summed E-state index contributed by atoms with van der Waals surface area (Å²) >= 11 is 0. The molecule has 0 bridgehead atoms. The van der Waals surface area contributed by atoms with Gasteiger partial charge in [-0.25, -0.2) is 0 Å². The zero-order chi connectivity index (χ0) is 13.5. The molecule has 0 saturated heterocycles. The summed E-state index contributed by atoms with van der Waals surface area (Å²) in [5.74, 6) is 0.565. The van der Waals surface area contributed by atoms with E-state index in [-0.39, 0.29) is 24.6 Å².